The van der Waals surface area contributed by atoms with Gasteiger partial charge >= 0.3 is 6.03 Å². The van der Waals surface area contributed by atoms with Crippen LogP contribution >= 0.6 is 0 Å². The van der Waals surface area contributed by atoms with E-state index in [2.05, 4.69) is 5.73 Å². The number of imide groups is 1. The van der Waals surface area contributed by atoms with E-state index in [9.17, 15) is 14.0 Å². The maximum atomic E-state index is 12.6. The normalized spacial score (nSPS) is 9.50. The average Bonchev–Trinajstić information content (AvgIpc) is 2.08. The van der Waals surface area contributed by atoms with Crippen molar-refractivity contribution in [2.45, 2.75) is 0 Å². The summed E-state index contributed by atoms with van der Waals surface area (Å²) in [7, 11) is 0. The van der Waals surface area contributed by atoms with Gasteiger partial charge in [-0.25, -0.2) is 9.18 Å². The van der Waals surface area contributed by atoms with Gasteiger partial charge < -0.3 is 10.8 Å². The summed E-state index contributed by atoms with van der Waals surface area (Å²) in [5.41, 5.74) is 4.33. The molecule has 0 aromatic heterocycles. The molecule has 5 nitrogen and oxygen atoms in total. The number of aromatic hydroxyl groups is 1. The van der Waals surface area contributed by atoms with Crippen LogP contribution in [0.1, 0.15) is 10.4 Å². The van der Waals surface area contributed by atoms with E-state index >= 15 is 0 Å². The van der Waals surface area contributed by atoms with Gasteiger partial charge in [-0.05, 0) is 18.2 Å². The lowest BCUT2D eigenvalue weighted by Gasteiger charge is -2.03. The predicted octanol–water partition coefficient (Wildman–Crippen LogP) is 0.340. The molecule has 0 atom stereocenters. The van der Waals surface area contributed by atoms with E-state index in [0.29, 0.717) is 0 Å². The predicted molar refractivity (Wildman–Crippen MR) is 45.1 cm³/mol. The molecule has 0 saturated heterocycles. The van der Waals surface area contributed by atoms with Crippen molar-refractivity contribution in [2.24, 2.45) is 5.73 Å². The van der Waals surface area contributed by atoms with Crippen molar-refractivity contribution in [2.75, 3.05) is 0 Å². The van der Waals surface area contributed by atoms with Gasteiger partial charge in [0.25, 0.3) is 5.91 Å². The second-order valence-corrected chi connectivity index (χ2v) is 2.48. The number of primary amides is 1. The molecule has 0 saturated carbocycles. The summed E-state index contributed by atoms with van der Waals surface area (Å²) in [5.74, 6) is -2.07. The molecule has 0 aliphatic heterocycles. The number of nitrogens with two attached hydrogens (primary N) is 1. The molecule has 0 fully saturated rings. The first-order valence-electron chi connectivity index (χ1n) is 3.60. The largest absolute Gasteiger partial charge is 0.507 e. The number of carbonyl (C=O) groups excluding carboxylic acids is 2. The van der Waals surface area contributed by atoms with Gasteiger partial charge in [0.1, 0.15) is 11.6 Å². The molecule has 0 bridgehead atoms. The van der Waals surface area contributed by atoms with Crippen LogP contribution in [0.2, 0.25) is 0 Å². The van der Waals surface area contributed by atoms with Crippen LogP contribution < -0.4 is 11.1 Å². The summed E-state index contributed by atoms with van der Waals surface area (Å²) in [5, 5.41) is 10.8. The maximum Gasteiger partial charge on any atom is 0.319 e. The number of benzene rings is 1. The molecule has 74 valence electrons. The molecule has 1 aromatic carbocycles. The Kier molecular flexibility index (Phi) is 2.66. The Bertz CT molecular complexity index is 392. The molecule has 1 rings (SSSR count). The SMILES string of the molecule is NC(=O)NC(=O)c1cc(F)ccc1O. The third-order valence-corrected chi connectivity index (χ3v) is 1.44. The molecular formula is C8H7FN2O3. The molecule has 3 amide bonds. The van der Waals surface area contributed by atoms with Gasteiger partial charge in [-0.1, -0.05) is 0 Å². The Morgan fingerprint density at radius 1 is 1.43 bits per heavy atom. The highest BCUT2D eigenvalue weighted by molar-refractivity contribution is 6.05. The van der Waals surface area contributed by atoms with Crippen LogP contribution in [0.15, 0.2) is 18.2 Å². The summed E-state index contributed by atoms with van der Waals surface area (Å²) in [6.45, 7) is 0. The molecule has 4 N–H and O–H groups in total. The van der Waals surface area contributed by atoms with Crippen LogP contribution in [0.25, 0.3) is 0 Å². The Labute approximate surface area is 78.3 Å². The first-order valence-corrected chi connectivity index (χ1v) is 3.60. The number of nitrogens with one attached hydrogen (secondary N) is 1. The fourth-order valence-corrected chi connectivity index (χ4v) is 0.869. The van der Waals surface area contributed by atoms with Gasteiger partial charge in [-0.3, -0.25) is 10.1 Å². The molecular weight excluding hydrogens is 191 g/mol. The van der Waals surface area contributed by atoms with Gasteiger partial charge in [-0.15, -0.1) is 0 Å². The zero-order chi connectivity index (χ0) is 10.7. The van der Waals surface area contributed by atoms with Crippen molar-refractivity contribution in [3.05, 3.63) is 29.6 Å². The zero-order valence-corrected chi connectivity index (χ0v) is 6.95. The van der Waals surface area contributed by atoms with E-state index < -0.39 is 23.5 Å². The van der Waals surface area contributed by atoms with Gasteiger partial charge in [0.2, 0.25) is 0 Å². The second-order valence-electron chi connectivity index (χ2n) is 2.48. The number of halogens is 1. The zero-order valence-electron chi connectivity index (χ0n) is 6.95. The van der Waals surface area contributed by atoms with E-state index in [-0.39, 0.29) is 5.56 Å². The minimum atomic E-state index is -1.07. The molecule has 0 radical (unpaired) electrons. The highest BCUT2D eigenvalue weighted by Gasteiger charge is 2.13. The summed E-state index contributed by atoms with van der Waals surface area (Å²) in [6, 6.07) is 1.72. The van der Waals surface area contributed by atoms with E-state index in [1.807, 2.05) is 0 Å². The van der Waals surface area contributed by atoms with Crippen LogP contribution in [0.5, 0.6) is 5.75 Å². The average molecular weight is 198 g/mol. The minimum absolute atomic E-state index is 0.344. The quantitative estimate of drug-likeness (QED) is 0.607. The van der Waals surface area contributed by atoms with E-state index in [4.69, 9.17) is 5.11 Å². The summed E-state index contributed by atoms with van der Waals surface area (Å²) in [6.07, 6.45) is 0. The first kappa shape index (κ1) is 9.97. The van der Waals surface area contributed by atoms with Crippen molar-refractivity contribution in [1.82, 2.24) is 5.32 Å². The third-order valence-electron chi connectivity index (χ3n) is 1.44. The van der Waals surface area contributed by atoms with Gasteiger partial charge in [0.05, 0.1) is 5.56 Å². The monoisotopic (exact) mass is 198 g/mol. The van der Waals surface area contributed by atoms with Crippen molar-refractivity contribution >= 4 is 11.9 Å². The first-order chi connectivity index (χ1) is 6.50. The fourth-order valence-electron chi connectivity index (χ4n) is 0.869. The van der Waals surface area contributed by atoms with Crippen LogP contribution in [-0.4, -0.2) is 17.0 Å². The number of phenols is 1. The van der Waals surface area contributed by atoms with Crippen molar-refractivity contribution in [3.8, 4) is 5.75 Å². The highest BCUT2D eigenvalue weighted by Crippen LogP contribution is 2.17. The summed E-state index contributed by atoms with van der Waals surface area (Å²) in [4.78, 5) is 21.4. The lowest BCUT2D eigenvalue weighted by Crippen LogP contribution is -2.35. The van der Waals surface area contributed by atoms with Crippen LogP contribution in [0.3, 0.4) is 0 Å². The van der Waals surface area contributed by atoms with Crippen molar-refractivity contribution in [1.29, 1.82) is 0 Å². The Hall–Kier alpha value is -2.11. The number of phenolic OH excluding ortho intramolecular Hbond substituents is 1. The molecule has 6 heteroatoms. The Morgan fingerprint density at radius 2 is 2.07 bits per heavy atom. The number of hydrogen-bond acceptors (Lipinski definition) is 3. The Balaban J connectivity index is 3.00. The summed E-state index contributed by atoms with van der Waals surface area (Å²) >= 11 is 0. The van der Waals surface area contributed by atoms with Crippen LogP contribution in [0.4, 0.5) is 9.18 Å². The maximum absolute atomic E-state index is 12.6. The Morgan fingerprint density at radius 3 is 2.64 bits per heavy atom. The minimum Gasteiger partial charge on any atom is -0.507 e. The molecule has 0 aliphatic carbocycles. The van der Waals surface area contributed by atoms with Crippen LogP contribution in [0, 0.1) is 5.82 Å². The fraction of sp³-hybridized carbons (Fsp3) is 0. The van der Waals surface area contributed by atoms with Gasteiger partial charge in [0, 0.05) is 0 Å². The second kappa shape index (κ2) is 3.73. The number of hydrogen-bond donors (Lipinski definition) is 3. The molecule has 1 aromatic rings. The molecule has 0 spiro atoms. The topological polar surface area (TPSA) is 92.4 Å². The van der Waals surface area contributed by atoms with Crippen molar-refractivity contribution in [3.63, 3.8) is 0 Å². The molecule has 0 heterocycles. The van der Waals surface area contributed by atoms with E-state index in [1.54, 1.807) is 5.32 Å². The van der Waals surface area contributed by atoms with Gasteiger partial charge in [0.15, 0.2) is 0 Å². The molecule has 0 unspecified atom stereocenters. The third kappa shape index (κ3) is 2.19. The number of amides is 3. The number of carbonyl (C=O) groups is 2. The number of urea groups is 1. The van der Waals surface area contributed by atoms with E-state index in [0.717, 1.165) is 18.2 Å². The summed E-state index contributed by atoms with van der Waals surface area (Å²) < 4.78 is 12.6. The smallest absolute Gasteiger partial charge is 0.319 e. The number of rotatable bonds is 1. The van der Waals surface area contributed by atoms with Crippen LogP contribution in [-0.2, 0) is 0 Å². The highest BCUT2D eigenvalue weighted by atomic mass is 19.1. The van der Waals surface area contributed by atoms with Crippen molar-refractivity contribution < 1.29 is 19.1 Å². The lowest BCUT2D eigenvalue weighted by molar-refractivity contribution is 0.0963. The van der Waals surface area contributed by atoms with E-state index in [1.165, 1.54) is 0 Å². The lowest BCUT2D eigenvalue weighted by atomic mass is 10.2. The molecule has 0 aliphatic rings. The standard InChI is InChI=1S/C8H7FN2O3/c9-4-1-2-6(12)5(3-4)7(13)11-8(10)14/h1-3,12H,(H3,10,11,13,14). The van der Waals surface area contributed by atoms with Gasteiger partial charge in [-0.2, -0.15) is 0 Å². The molecule has 14 heavy (non-hydrogen) atoms.